The molecule has 1 unspecified atom stereocenters. The van der Waals surface area contributed by atoms with Gasteiger partial charge in [0.1, 0.15) is 12.6 Å². The smallest absolute Gasteiger partial charge is 0.407 e. The lowest BCUT2D eigenvalue weighted by molar-refractivity contribution is -0.141. The third-order valence-corrected chi connectivity index (χ3v) is 3.90. The van der Waals surface area contributed by atoms with Crippen LogP contribution in [-0.4, -0.2) is 63.1 Å². The van der Waals surface area contributed by atoms with Crippen molar-refractivity contribution in [2.24, 2.45) is 0 Å². The van der Waals surface area contributed by atoms with Crippen LogP contribution in [0.25, 0.3) is 0 Å². The van der Waals surface area contributed by atoms with Crippen molar-refractivity contribution < 1.29 is 49.2 Å². The summed E-state index contributed by atoms with van der Waals surface area (Å²) in [7, 11) is 0. The van der Waals surface area contributed by atoms with Crippen molar-refractivity contribution in [3.05, 3.63) is 35.9 Å². The van der Waals surface area contributed by atoms with E-state index in [9.17, 15) is 24.0 Å². The quantitative estimate of drug-likeness (QED) is 0.125. The number of amides is 3. The number of hydrogen-bond acceptors (Lipinski definition) is 7. The number of aliphatic carboxylic acids is 3. The molecule has 0 heterocycles. The Morgan fingerprint density at radius 3 is 2.06 bits per heavy atom. The Labute approximate surface area is 189 Å². The lowest BCUT2D eigenvalue weighted by Gasteiger charge is -2.11. The predicted octanol–water partition coefficient (Wildman–Crippen LogP) is 1.55. The summed E-state index contributed by atoms with van der Waals surface area (Å²) in [6.07, 6.45) is 1.27. The first-order valence-corrected chi connectivity index (χ1v) is 9.97. The molecule has 1 rings (SSSR count). The molecule has 7 N–H and O–H groups in total. The number of urea groups is 1. The van der Waals surface area contributed by atoms with E-state index in [1.807, 2.05) is 35.6 Å². The Balaban J connectivity index is 0.000000653. The van der Waals surface area contributed by atoms with Gasteiger partial charge in [-0.25, -0.2) is 19.9 Å². The van der Waals surface area contributed by atoms with Crippen molar-refractivity contribution in [1.82, 2.24) is 16.1 Å². The number of carbonyl (C=O) groups excluding carboxylic acids is 2. The summed E-state index contributed by atoms with van der Waals surface area (Å²) in [5.41, 5.74) is 2.12. The molecule has 0 aliphatic carbocycles. The van der Waals surface area contributed by atoms with Crippen molar-refractivity contribution >= 4 is 30.0 Å². The zero-order valence-electron chi connectivity index (χ0n) is 17.9. The largest absolute Gasteiger partial charge is 0.481 e. The van der Waals surface area contributed by atoms with Crippen LogP contribution in [0, 0.1) is 0 Å². The van der Waals surface area contributed by atoms with Gasteiger partial charge in [0.05, 0.1) is 0 Å². The molecule has 0 spiro atoms. The predicted molar refractivity (Wildman–Crippen MR) is 112 cm³/mol. The van der Waals surface area contributed by atoms with E-state index in [0.29, 0.717) is 13.0 Å². The van der Waals surface area contributed by atoms with Gasteiger partial charge < -0.3 is 30.7 Å². The van der Waals surface area contributed by atoms with E-state index in [1.165, 1.54) is 5.48 Å². The molecule has 0 saturated carbocycles. The van der Waals surface area contributed by atoms with Gasteiger partial charge in [0.15, 0.2) is 0 Å². The lowest BCUT2D eigenvalue weighted by atomic mass is 10.1. The molecule has 13 nitrogen and oxygen atoms in total. The molecule has 1 aromatic rings. The molecule has 0 bridgehead atoms. The molecular formula is C20H29N3O10. The normalized spacial score (nSPS) is 10.6. The third-order valence-electron chi connectivity index (χ3n) is 3.90. The number of rotatable bonds is 13. The zero-order valence-corrected chi connectivity index (χ0v) is 17.9. The van der Waals surface area contributed by atoms with Gasteiger partial charge in [-0.1, -0.05) is 36.8 Å². The minimum absolute atomic E-state index is 0.179. The Morgan fingerprint density at radius 1 is 0.879 bits per heavy atom. The van der Waals surface area contributed by atoms with Gasteiger partial charge in [0.2, 0.25) is 0 Å². The van der Waals surface area contributed by atoms with Crippen LogP contribution in [-0.2, 0) is 25.7 Å². The van der Waals surface area contributed by atoms with Gasteiger partial charge in [0, 0.05) is 19.4 Å². The monoisotopic (exact) mass is 471 g/mol. The molecule has 0 aromatic heterocycles. The van der Waals surface area contributed by atoms with Crippen LogP contribution < -0.4 is 16.1 Å². The highest BCUT2D eigenvalue weighted by atomic mass is 16.5. The van der Waals surface area contributed by atoms with Gasteiger partial charge in [-0.2, -0.15) is 0 Å². The average molecular weight is 471 g/mol. The summed E-state index contributed by atoms with van der Waals surface area (Å²) >= 11 is 0. The van der Waals surface area contributed by atoms with Crippen molar-refractivity contribution in [2.75, 3.05) is 6.54 Å². The summed E-state index contributed by atoms with van der Waals surface area (Å²) in [5.74, 6) is -3.31. The second-order valence-electron chi connectivity index (χ2n) is 6.60. The lowest BCUT2D eigenvalue weighted by Crippen LogP contribution is -2.45. The van der Waals surface area contributed by atoms with Crippen LogP contribution in [0.1, 0.15) is 44.1 Å². The van der Waals surface area contributed by atoms with Gasteiger partial charge in [0.25, 0.3) is 0 Å². The molecule has 33 heavy (non-hydrogen) atoms. The summed E-state index contributed by atoms with van der Waals surface area (Å²) in [5, 5.41) is 37.8. The maximum absolute atomic E-state index is 11.3. The fourth-order valence-corrected chi connectivity index (χ4v) is 2.26. The fraction of sp³-hybridized carbons (Fsp3) is 0.450. The Bertz CT molecular complexity index is 758. The number of unbranched alkanes of at least 4 members (excludes halogenated alkanes) is 2. The van der Waals surface area contributed by atoms with Gasteiger partial charge in [-0.15, -0.1) is 0 Å². The number of alkyl carbamates (subject to hydrolysis) is 1. The molecule has 0 saturated heterocycles. The van der Waals surface area contributed by atoms with E-state index in [1.54, 1.807) is 0 Å². The molecule has 0 radical (unpaired) electrons. The highest BCUT2D eigenvalue weighted by molar-refractivity contribution is 5.82. The van der Waals surface area contributed by atoms with Crippen LogP contribution in [0.5, 0.6) is 0 Å². The molecule has 3 amide bonds. The highest BCUT2D eigenvalue weighted by Crippen LogP contribution is 2.01. The van der Waals surface area contributed by atoms with E-state index < -0.39 is 36.1 Å². The number of benzene rings is 1. The molecular weight excluding hydrogens is 442 g/mol. The van der Waals surface area contributed by atoms with E-state index in [0.717, 1.165) is 18.4 Å². The molecule has 0 aliphatic rings. The Hall–Kier alpha value is -3.87. The van der Waals surface area contributed by atoms with Gasteiger partial charge >= 0.3 is 30.0 Å². The first-order valence-electron chi connectivity index (χ1n) is 9.97. The molecule has 1 atom stereocenters. The number of hydroxylamine groups is 1. The minimum atomic E-state index is -1.37. The number of nitrogens with one attached hydrogen (secondary N) is 3. The van der Waals surface area contributed by atoms with E-state index in [2.05, 4.69) is 5.32 Å². The van der Waals surface area contributed by atoms with E-state index in [4.69, 9.17) is 25.3 Å². The first kappa shape index (κ1) is 29.1. The molecule has 1 aromatic carbocycles. The zero-order chi connectivity index (χ0) is 25.1. The number of carboxylic acids is 3. The Morgan fingerprint density at radius 2 is 1.52 bits per heavy atom. The SMILES string of the molecule is O=C(O)CCC(NC(=O)NO)C(=O)O.O=C(O)CCCCCNC(=O)OCc1ccccc1. The van der Waals surface area contributed by atoms with Gasteiger partial charge in [-0.05, 0) is 24.8 Å². The summed E-state index contributed by atoms with van der Waals surface area (Å²) < 4.78 is 5.03. The molecule has 0 aliphatic heterocycles. The molecule has 0 fully saturated rings. The van der Waals surface area contributed by atoms with Crippen molar-refractivity contribution in [1.29, 1.82) is 0 Å². The standard InChI is InChI=1S/C14H19NO4.C6H10N2O6/c16-13(17)9-5-2-6-10-15-14(18)19-11-12-7-3-1-4-8-12;9-4(10)2-1-3(5(11)12)7-6(13)8-14/h1,3-4,7-8H,2,5-6,9-11H2,(H,15,18)(H,16,17);3,14H,1-2H2,(H,9,10)(H,11,12)(H2,7,8,13). The maximum Gasteiger partial charge on any atom is 0.407 e. The first-order chi connectivity index (χ1) is 15.6. The number of ether oxygens (including phenoxy) is 1. The van der Waals surface area contributed by atoms with Crippen LogP contribution in [0.2, 0.25) is 0 Å². The van der Waals surface area contributed by atoms with Crippen LogP contribution in [0.3, 0.4) is 0 Å². The molecule has 13 heteroatoms. The van der Waals surface area contributed by atoms with Crippen molar-refractivity contribution in [3.8, 4) is 0 Å². The summed E-state index contributed by atoms with van der Waals surface area (Å²) in [6.45, 7) is 0.763. The Kier molecular flexibility index (Phi) is 15.7. The van der Waals surface area contributed by atoms with E-state index >= 15 is 0 Å². The highest BCUT2D eigenvalue weighted by Gasteiger charge is 2.20. The second kappa shape index (κ2) is 17.8. The van der Waals surface area contributed by atoms with Crippen molar-refractivity contribution in [3.63, 3.8) is 0 Å². The van der Waals surface area contributed by atoms with Crippen molar-refractivity contribution in [2.45, 2.75) is 51.2 Å². The number of carbonyl (C=O) groups is 5. The number of carboxylic acid groups (broad SMARTS) is 3. The second-order valence-corrected chi connectivity index (χ2v) is 6.60. The van der Waals surface area contributed by atoms with Crippen LogP contribution in [0.15, 0.2) is 30.3 Å². The van der Waals surface area contributed by atoms with E-state index in [-0.39, 0.29) is 25.9 Å². The fourth-order valence-electron chi connectivity index (χ4n) is 2.26. The summed E-state index contributed by atoms with van der Waals surface area (Å²) in [6, 6.07) is 7.03. The third kappa shape index (κ3) is 17.5. The van der Waals surface area contributed by atoms with Gasteiger partial charge in [-0.3, -0.25) is 14.8 Å². The summed E-state index contributed by atoms with van der Waals surface area (Å²) in [4.78, 5) is 52.6. The average Bonchev–Trinajstić information content (AvgIpc) is 2.78. The van der Waals surface area contributed by atoms with Crippen LogP contribution in [0.4, 0.5) is 9.59 Å². The maximum atomic E-state index is 11.3. The minimum Gasteiger partial charge on any atom is -0.481 e. The van der Waals surface area contributed by atoms with Crippen LogP contribution >= 0.6 is 0 Å². The molecule has 184 valence electrons. The number of hydrogen-bond donors (Lipinski definition) is 7. The topological polar surface area (TPSA) is 212 Å².